The third-order valence-corrected chi connectivity index (χ3v) is 4.51. The normalized spacial score (nSPS) is 10.8. The lowest BCUT2D eigenvalue weighted by molar-refractivity contribution is 0.102. The number of carbonyl (C=O) groups excluding carboxylic acids is 1. The topological polar surface area (TPSA) is 131 Å². The van der Waals surface area contributed by atoms with Crippen molar-refractivity contribution in [1.82, 2.24) is 35.0 Å². The number of hydrogen-bond acceptors (Lipinski definition) is 7. The van der Waals surface area contributed by atoms with Crippen LogP contribution in [-0.4, -0.2) is 40.9 Å². The second-order valence-corrected chi connectivity index (χ2v) is 6.60. The molecule has 0 saturated heterocycles. The minimum Gasteiger partial charge on any atom is -0.321 e. The van der Waals surface area contributed by atoms with Crippen molar-refractivity contribution in [2.24, 2.45) is 0 Å². The van der Waals surface area contributed by atoms with Gasteiger partial charge in [0.15, 0.2) is 11.5 Å². The van der Waals surface area contributed by atoms with E-state index in [9.17, 15) is 9.59 Å². The van der Waals surface area contributed by atoms with Crippen LogP contribution in [0.3, 0.4) is 0 Å². The maximum atomic E-state index is 12.4. The molecular weight excluding hydrogens is 396 g/mol. The summed E-state index contributed by atoms with van der Waals surface area (Å²) in [5.41, 5.74) is 3.17. The van der Waals surface area contributed by atoms with Gasteiger partial charge in [0, 0.05) is 35.3 Å². The number of amides is 1. The molecule has 0 saturated carbocycles. The van der Waals surface area contributed by atoms with Gasteiger partial charge in [0.25, 0.3) is 11.5 Å². The lowest BCUT2D eigenvalue weighted by Gasteiger charge is -2.07. The van der Waals surface area contributed by atoms with Crippen molar-refractivity contribution in [1.29, 1.82) is 0 Å². The maximum Gasteiger partial charge on any atom is 0.276 e. The molecule has 0 radical (unpaired) electrons. The molecule has 0 aliphatic heterocycles. The minimum absolute atomic E-state index is 0.107. The quantitative estimate of drug-likeness (QED) is 0.464. The van der Waals surface area contributed by atoms with Gasteiger partial charge in [-0.3, -0.25) is 14.6 Å². The van der Waals surface area contributed by atoms with E-state index in [4.69, 9.17) is 0 Å². The van der Waals surface area contributed by atoms with Crippen molar-refractivity contribution in [2.75, 3.05) is 5.32 Å². The predicted octanol–water partition coefficient (Wildman–Crippen LogP) is 2.19. The van der Waals surface area contributed by atoms with Crippen LogP contribution in [0.25, 0.3) is 28.3 Å². The first-order valence-corrected chi connectivity index (χ1v) is 9.28. The Balaban J connectivity index is 1.47. The van der Waals surface area contributed by atoms with Gasteiger partial charge in [-0.1, -0.05) is 12.1 Å². The van der Waals surface area contributed by atoms with Gasteiger partial charge >= 0.3 is 0 Å². The average molecular weight is 410 g/mol. The third kappa shape index (κ3) is 3.65. The number of hydrogen-bond donors (Lipinski definition) is 2. The van der Waals surface area contributed by atoms with Crippen LogP contribution < -0.4 is 10.9 Å². The zero-order chi connectivity index (χ0) is 21.2. The van der Waals surface area contributed by atoms with E-state index in [1.807, 2.05) is 36.4 Å². The summed E-state index contributed by atoms with van der Waals surface area (Å²) in [6.07, 6.45) is 3.39. The highest BCUT2D eigenvalue weighted by Crippen LogP contribution is 2.23. The van der Waals surface area contributed by atoms with Crippen molar-refractivity contribution in [2.45, 2.75) is 0 Å². The van der Waals surface area contributed by atoms with Crippen molar-refractivity contribution >= 4 is 17.2 Å². The summed E-state index contributed by atoms with van der Waals surface area (Å²) in [5, 5.41) is 21.8. The van der Waals surface area contributed by atoms with E-state index in [-0.39, 0.29) is 11.3 Å². The average Bonchev–Trinajstić information content (AvgIpc) is 3.23. The highest BCUT2D eigenvalue weighted by Gasteiger charge is 2.12. The van der Waals surface area contributed by atoms with Crippen LogP contribution in [0.1, 0.15) is 10.5 Å². The van der Waals surface area contributed by atoms with Gasteiger partial charge in [-0.15, -0.1) is 10.2 Å². The second kappa shape index (κ2) is 7.59. The highest BCUT2D eigenvalue weighted by atomic mass is 16.2. The Hall–Kier alpha value is -4.73. The van der Waals surface area contributed by atoms with Gasteiger partial charge in [-0.25, -0.2) is 5.10 Å². The van der Waals surface area contributed by atoms with E-state index >= 15 is 0 Å². The van der Waals surface area contributed by atoms with Crippen LogP contribution in [0.2, 0.25) is 0 Å². The zero-order valence-corrected chi connectivity index (χ0v) is 15.9. The maximum absolute atomic E-state index is 12.4. The first kappa shape index (κ1) is 18.3. The van der Waals surface area contributed by atoms with Crippen molar-refractivity contribution in [3.05, 3.63) is 89.1 Å². The number of nitrogens with one attached hydrogen (secondary N) is 2. The van der Waals surface area contributed by atoms with Crippen molar-refractivity contribution in [3.63, 3.8) is 0 Å². The van der Waals surface area contributed by atoms with Crippen molar-refractivity contribution in [3.8, 4) is 22.6 Å². The van der Waals surface area contributed by atoms with E-state index in [1.54, 1.807) is 29.0 Å². The lowest BCUT2D eigenvalue weighted by Crippen LogP contribution is -2.17. The molecule has 0 unspecified atom stereocenters. The predicted molar refractivity (Wildman–Crippen MR) is 112 cm³/mol. The Morgan fingerprint density at radius 2 is 1.87 bits per heavy atom. The SMILES string of the molecule is O=C(Nc1cccc(-c2ccc3nnc(-c4cccnc4)n3n2)c1)c1ccc(=O)[nH]n1. The number of aromatic nitrogens is 7. The molecule has 5 aromatic rings. The molecular formula is C21H14N8O2. The summed E-state index contributed by atoms with van der Waals surface area (Å²) in [6, 6.07) is 17.2. The van der Waals surface area contributed by atoms with Gasteiger partial charge in [0.1, 0.15) is 5.69 Å². The van der Waals surface area contributed by atoms with E-state index in [2.05, 4.69) is 35.8 Å². The van der Waals surface area contributed by atoms with Crippen LogP contribution in [0.5, 0.6) is 0 Å². The third-order valence-electron chi connectivity index (χ3n) is 4.51. The number of benzene rings is 1. The lowest BCUT2D eigenvalue weighted by atomic mass is 10.1. The van der Waals surface area contributed by atoms with Crippen LogP contribution >= 0.6 is 0 Å². The largest absolute Gasteiger partial charge is 0.321 e. The molecule has 2 N–H and O–H groups in total. The molecule has 0 bridgehead atoms. The summed E-state index contributed by atoms with van der Waals surface area (Å²) in [6.45, 7) is 0. The number of H-pyrrole nitrogens is 1. The van der Waals surface area contributed by atoms with Crippen LogP contribution in [0.4, 0.5) is 5.69 Å². The Labute approximate surface area is 174 Å². The number of carbonyl (C=O) groups is 1. The summed E-state index contributed by atoms with van der Waals surface area (Å²) in [5.74, 6) is 0.146. The molecule has 1 amide bonds. The molecule has 31 heavy (non-hydrogen) atoms. The Bertz CT molecular complexity index is 1440. The van der Waals surface area contributed by atoms with E-state index < -0.39 is 5.91 Å². The second-order valence-electron chi connectivity index (χ2n) is 6.60. The molecule has 0 fully saturated rings. The minimum atomic E-state index is -0.436. The molecule has 0 spiro atoms. The first-order chi connectivity index (χ1) is 15.2. The van der Waals surface area contributed by atoms with Crippen LogP contribution in [-0.2, 0) is 0 Å². The Morgan fingerprint density at radius 3 is 2.68 bits per heavy atom. The molecule has 0 aliphatic rings. The number of anilines is 1. The molecule has 0 aliphatic carbocycles. The van der Waals surface area contributed by atoms with E-state index in [1.165, 1.54) is 12.1 Å². The summed E-state index contributed by atoms with van der Waals surface area (Å²) >= 11 is 0. The van der Waals surface area contributed by atoms with Crippen LogP contribution in [0.15, 0.2) is 77.9 Å². The molecule has 5 rings (SSSR count). The Kier molecular flexibility index (Phi) is 4.49. The summed E-state index contributed by atoms with van der Waals surface area (Å²) < 4.78 is 1.65. The smallest absolute Gasteiger partial charge is 0.276 e. The van der Waals surface area contributed by atoms with Crippen molar-refractivity contribution < 1.29 is 4.79 Å². The van der Waals surface area contributed by atoms with Gasteiger partial charge in [0.05, 0.1) is 5.69 Å². The Morgan fingerprint density at radius 1 is 0.968 bits per heavy atom. The number of fused-ring (bicyclic) bond motifs is 1. The fraction of sp³-hybridized carbons (Fsp3) is 0. The monoisotopic (exact) mass is 410 g/mol. The van der Waals surface area contributed by atoms with Gasteiger partial charge in [-0.2, -0.15) is 14.7 Å². The molecule has 1 aromatic carbocycles. The number of aromatic amines is 1. The first-order valence-electron chi connectivity index (χ1n) is 9.28. The molecule has 10 nitrogen and oxygen atoms in total. The number of rotatable bonds is 4. The van der Waals surface area contributed by atoms with Gasteiger partial charge in [0.2, 0.25) is 0 Å². The summed E-state index contributed by atoms with van der Waals surface area (Å²) in [4.78, 5) is 27.6. The standard InChI is InChI=1S/C21H14N8O2/c30-19-9-7-17(24-26-19)21(31)23-15-5-1-3-13(11-15)16-6-8-18-25-27-20(29(18)28-16)14-4-2-10-22-12-14/h1-12H,(H,23,31)(H,26,30). The number of nitrogens with zero attached hydrogens (tertiary/aromatic N) is 6. The zero-order valence-electron chi connectivity index (χ0n) is 15.9. The highest BCUT2D eigenvalue weighted by molar-refractivity contribution is 6.02. The van der Waals surface area contributed by atoms with E-state index in [0.717, 1.165) is 11.1 Å². The van der Waals surface area contributed by atoms with Gasteiger partial charge < -0.3 is 5.32 Å². The molecule has 150 valence electrons. The molecule has 10 heteroatoms. The van der Waals surface area contributed by atoms with E-state index in [0.29, 0.717) is 22.9 Å². The molecule has 4 heterocycles. The number of pyridine rings is 1. The molecule has 4 aromatic heterocycles. The van der Waals surface area contributed by atoms with Gasteiger partial charge in [-0.05, 0) is 42.5 Å². The fourth-order valence-corrected chi connectivity index (χ4v) is 3.04. The fourth-order valence-electron chi connectivity index (χ4n) is 3.04. The summed E-state index contributed by atoms with van der Waals surface area (Å²) in [7, 11) is 0. The van der Waals surface area contributed by atoms with Crippen LogP contribution in [0, 0.1) is 0 Å². The molecule has 0 atom stereocenters.